The number of aromatic nitrogens is 1. The maximum Gasteiger partial charge on any atom is 0.418 e. The number of hydrogen-bond donors (Lipinski definition) is 1. The normalized spacial score (nSPS) is 12.3. The van der Waals surface area contributed by atoms with Crippen molar-refractivity contribution in [3.05, 3.63) is 118 Å². The third-order valence-electron chi connectivity index (χ3n) is 6.58. The maximum atomic E-state index is 13.6. The van der Waals surface area contributed by atoms with E-state index in [4.69, 9.17) is 11.6 Å². The lowest BCUT2D eigenvalue weighted by Crippen LogP contribution is -2.40. The Hall–Kier alpha value is -3.93. The molecule has 4 aromatic rings. The fourth-order valence-electron chi connectivity index (χ4n) is 4.51. The van der Waals surface area contributed by atoms with Crippen LogP contribution >= 0.6 is 11.6 Å². The summed E-state index contributed by atoms with van der Waals surface area (Å²) < 4.78 is 70.2. The van der Waals surface area contributed by atoms with Crippen molar-refractivity contribution >= 4 is 33.7 Å². The highest BCUT2D eigenvalue weighted by molar-refractivity contribution is 7.89. The van der Waals surface area contributed by atoms with Gasteiger partial charge in [0.25, 0.3) is 5.91 Å². The van der Waals surface area contributed by atoms with Crippen molar-refractivity contribution in [3.63, 3.8) is 0 Å². The summed E-state index contributed by atoms with van der Waals surface area (Å²) in [6, 6.07) is 21.8. The van der Waals surface area contributed by atoms with E-state index in [1.807, 2.05) is 30.3 Å². The average molecular weight is 617 g/mol. The van der Waals surface area contributed by atoms with Crippen LogP contribution in [0.1, 0.15) is 28.1 Å². The van der Waals surface area contributed by atoms with E-state index in [0.717, 1.165) is 15.9 Å². The highest BCUT2D eigenvalue weighted by Gasteiger charge is 2.34. The summed E-state index contributed by atoms with van der Waals surface area (Å²) in [5.74, 6) is -0.687. The van der Waals surface area contributed by atoms with Gasteiger partial charge >= 0.3 is 6.18 Å². The van der Waals surface area contributed by atoms with Gasteiger partial charge < -0.3 is 4.57 Å². The fourth-order valence-corrected chi connectivity index (χ4v) is 6.03. The highest BCUT2D eigenvalue weighted by Crippen LogP contribution is 2.35. The molecular weight excluding hydrogens is 589 g/mol. The predicted octanol–water partition coefficient (Wildman–Crippen LogP) is 6.15. The van der Waals surface area contributed by atoms with Gasteiger partial charge in [0, 0.05) is 28.5 Å². The molecule has 0 saturated heterocycles. The van der Waals surface area contributed by atoms with Crippen LogP contribution in [0.5, 0.6) is 0 Å². The number of hydrogen-bond acceptors (Lipinski definition) is 4. The van der Waals surface area contributed by atoms with Crippen LogP contribution < -0.4 is 5.43 Å². The van der Waals surface area contributed by atoms with Crippen LogP contribution in [0, 0.1) is 13.8 Å². The van der Waals surface area contributed by atoms with E-state index in [2.05, 4.69) is 10.5 Å². The largest absolute Gasteiger partial charge is 0.418 e. The van der Waals surface area contributed by atoms with Gasteiger partial charge in [0.2, 0.25) is 10.0 Å². The molecule has 0 fully saturated rings. The molecule has 1 aromatic heterocycles. The molecule has 0 bridgehead atoms. The molecule has 3 aromatic carbocycles. The molecule has 12 heteroatoms. The summed E-state index contributed by atoms with van der Waals surface area (Å²) in [4.78, 5) is 12.8. The van der Waals surface area contributed by atoms with Crippen molar-refractivity contribution in [2.24, 2.45) is 5.10 Å². The van der Waals surface area contributed by atoms with Gasteiger partial charge in [-0.25, -0.2) is 13.8 Å². The van der Waals surface area contributed by atoms with E-state index >= 15 is 0 Å². The van der Waals surface area contributed by atoms with Crippen molar-refractivity contribution in [1.29, 1.82) is 0 Å². The van der Waals surface area contributed by atoms with Gasteiger partial charge in [0.15, 0.2) is 0 Å². The number of alkyl halides is 3. The number of nitrogens with one attached hydrogen (secondary N) is 1. The van der Waals surface area contributed by atoms with Crippen LogP contribution in [-0.2, 0) is 27.4 Å². The number of carbonyl (C=O) groups excluding carboxylic acids is 1. The second-order valence-electron chi connectivity index (χ2n) is 9.50. The summed E-state index contributed by atoms with van der Waals surface area (Å²) in [5.41, 5.74) is 3.94. The van der Waals surface area contributed by atoms with Crippen LogP contribution in [-0.4, -0.2) is 42.5 Å². The minimum Gasteiger partial charge on any atom is -0.317 e. The Balaban J connectivity index is 1.52. The molecule has 0 unspecified atom stereocenters. The maximum absolute atomic E-state index is 13.6. The summed E-state index contributed by atoms with van der Waals surface area (Å²) in [6.45, 7) is 2.84. The number of halogens is 4. The zero-order valence-corrected chi connectivity index (χ0v) is 24.3. The number of para-hydroxylation sites is 1. The average Bonchev–Trinajstić information content (AvgIpc) is 3.23. The lowest BCUT2D eigenvalue weighted by molar-refractivity contribution is -0.137. The Kier molecular flexibility index (Phi) is 9.55. The lowest BCUT2D eigenvalue weighted by Gasteiger charge is -2.21. The highest BCUT2D eigenvalue weighted by atomic mass is 35.5. The quantitative estimate of drug-likeness (QED) is 0.171. The van der Waals surface area contributed by atoms with Gasteiger partial charge in [0.05, 0.1) is 28.9 Å². The Labute approximate surface area is 247 Å². The summed E-state index contributed by atoms with van der Waals surface area (Å²) >= 11 is 5.92. The molecule has 1 N–H and O–H groups in total. The summed E-state index contributed by atoms with van der Waals surface area (Å²) in [5, 5.41) is 4.33. The van der Waals surface area contributed by atoms with Gasteiger partial charge in [-0.15, -0.1) is 0 Å². The first kappa shape index (κ1) is 31.0. The number of benzene rings is 3. The smallest absolute Gasteiger partial charge is 0.317 e. The predicted molar refractivity (Wildman–Crippen MR) is 156 cm³/mol. The minimum absolute atomic E-state index is 0.0113. The molecule has 1 amide bonds. The zero-order chi connectivity index (χ0) is 30.5. The number of amides is 1. The SMILES string of the molecule is Cc1cc(/C=N/NC(=O)CN(CCc2ccccc2)S(=O)(=O)c2ccc(Cl)cc2)c(C)n1-c1ccccc1C(F)(F)F. The van der Waals surface area contributed by atoms with Crippen LogP contribution in [0.2, 0.25) is 5.02 Å². The second-order valence-corrected chi connectivity index (χ2v) is 11.9. The van der Waals surface area contributed by atoms with Gasteiger partial charge in [-0.2, -0.15) is 22.6 Å². The van der Waals surface area contributed by atoms with Gasteiger partial charge in [-0.05, 0) is 68.3 Å². The molecule has 7 nitrogen and oxygen atoms in total. The van der Waals surface area contributed by atoms with E-state index in [1.54, 1.807) is 19.9 Å². The van der Waals surface area contributed by atoms with E-state index in [1.165, 1.54) is 53.2 Å². The number of aryl methyl sites for hydroxylation is 1. The molecule has 0 aliphatic carbocycles. The Morgan fingerprint density at radius 3 is 2.31 bits per heavy atom. The topological polar surface area (TPSA) is 83.8 Å². The number of sulfonamides is 1. The van der Waals surface area contributed by atoms with Crippen molar-refractivity contribution < 1.29 is 26.4 Å². The van der Waals surface area contributed by atoms with Crippen molar-refractivity contribution in [2.45, 2.75) is 31.3 Å². The van der Waals surface area contributed by atoms with Crippen LogP contribution in [0.3, 0.4) is 0 Å². The van der Waals surface area contributed by atoms with E-state index in [0.29, 0.717) is 28.4 Å². The Morgan fingerprint density at radius 1 is 1.00 bits per heavy atom. The van der Waals surface area contributed by atoms with Crippen LogP contribution in [0.15, 0.2) is 94.9 Å². The molecule has 42 heavy (non-hydrogen) atoms. The zero-order valence-electron chi connectivity index (χ0n) is 22.8. The molecular formula is C30H28ClF3N4O3S. The molecule has 0 aliphatic rings. The molecule has 0 saturated carbocycles. The standard InChI is InChI=1S/C30H28ClF3N4O3S/c1-21-18-24(22(2)38(21)28-11-7-6-10-27(28)30(32,33)34)19-35-36-29(39)20-37(17-16-23-8-4-3-5-9-23)42(40,41)26-14-12-25(31)13-15-26/h3-15,18-19H,16-17,20H2,1-2H3,(H,36,39)/b35-19+. The van der Waals surface area contributed by atoms with E-state index < -0.39 is 34.2 Å². The third-order valence-corrected chi connectivity index (χ3v) is 8.69. The van der Waals surface area contributed by atoms with E-state index in [-0.39, 0.29) is 17.1 Å². The number of nitrogens with zero attached hydrogens (tertiary/aromatic N) is 3. The molecule has 220 valence electrons. The summed E-state index contributed by atoms with van der Waals surface area (Å²) in [6.07, 6.45) is -2.86. The van der Waals surface area contributed by atoms with Crippen LogP contribution in [0.4, 0.5) is 13.2 Å². The van der Waals surface area contributed by atoms with Gasteiger partial charge in [-0.1, -0.05) is 54.1 Å². The number of hydrazone groups is 1. The lowest BCUT2D eigenvalue weighted by atomic mass is 10.1. The van der Waals surface area contributed by atoms with E-state index in [9.17, 15) is 26.4 Å². The van der Waals surface area contributed by atoms with Gasteiger partial charge in [0.1, 0.15) is 0 Å². The molecule has 0 spiro atoms. The first-order chi connectivity index (χ1) is 19.9. The molecule has 0 radical (unpaired) electrons. The van der Waals surface area contributed by atoms with Crippen LogP contribution in [0.25, 0.3) is 5.69 Å². The van der Waals surface area contributed by atoms with Gasteiger partial charge in [-0.3, -0.25) is 4.79 Å². The monoisotopic (exact) mass is 616 g/mol. The van der Waals surface area contributed by atoms with Crippen molar-refractivity contribution in [1.82, 2.24) is 14.3 Å². The molecule has 4 rings (SSSR count). The first-order valence-electron chi connectivity index (χ1n) is 12.8. The minimum atomic E-state index is -4.54. The molecule has 1 heterocycles. The fraction of sp³-hybridized carbons (Fsp3) is 0.200. The summed E-state index contributed by atoms with van der Waals surface area (Å²) in [7, 11) is -4.05. The first-order valence-corrected chi connectivity index (χ1v) is 14.7. The van der Waals surface area contributed by atoms with Crippen molar-refractivity contribution in [2.75, 3.05) is 13.1 Å². The molecule has 0 aliphatic heterocycles. The Morgan fingerprint density at radius 2 is 1.64 bits per heavy atom. The number of carbonyl (C=O) groups is 1. The number of rotatable bonds is 10. The Bertz CT molecular complexity index is 1690. The second kappa shape index (κ2) is 12.9. The van der Waals surface area contributed by atoms with Crippen molar-refractivity contribution in [3.8, 4) is 5.69 Å². The molecule has 0 atom stereocenters. The third kappa shape index (κ3) is 7.28.